The zero-order valence-electron chi connectivity index (χ0n) is 31.1. The van der Waals surface area contributed by atoms with Gasteiger partial charge in [-0.15, -0.1) is 0 Å². The van der Waals surface area contributed by atoms with E-state index in [1.165, 1.54) is 0 Å². The van der Waals surface area contributed by atoms with Crippen molar-refractivity contribution in [2.75, 3.05) is 0 Å². The lowest BCUT2D eigenvalue weighted by atomic mass is 10.1. The molecule has 2 unspecified atom stereocenters. The van der Waals surface area contributed by atoms with Gasteiger partial charge in [0.2, 0.25) is 0 Å². The van der Waals surface area contributed by atoms with E-state index in [9.17, 15) is 26.3 Å². The molecule has 0 N–H and O–H groups in total. The third-order valence-corrected chi connectivity index (χ3v) is 17.9. The zero-order valence-corrected chi connectivity index (χ0v) is 32.9. The van der Waals surface area contributed by atoms with Crippen molar-refractivity contribution in [1.29, 1.82) is 0 Å². The van der Waals surface area contributed by atoms with Crippen LogP contribution in [-0.2, 0) is 12.4 Å². The summed E-state index contributed by atoms with van der Waals surface area (Å²) in [4.78, 5) is 0. The maximum Gasteiger partial charge on any atom is 0.416 e. The van der Waals surface area contributed by atoms with Crippen molar-refractivity contribution < 1.29 is 26.3 Å². The number of hydrogen-bond acceptors (Lipinski definition) is 0. The fraction of sp³-hybridized carbons (Fsp3) is 0.0833. The highest BCUT2D eigenvalue weighted by molar-refractivity contribution is 7.93. The van der Waals surface area contributed by atoms with E-state index in [2.05, 4.69) is 28.8 Å². The van der Waals surface area contributed by atoms with Gasteiger partial charge in [0.05, 0.1) is 22.2 Å². The maximum atomic E-state index is 13.7. The van der Waals surface area contributed by atoms with E-state index >= 15 is 0 Å². The minimum Gasteiger partial charge on any atom is -0.309 e. The maximum absolute atomic E-state index is 13.7. The lowest BCUT2D eigenvalue weighted by molar-refractivity contribution is -0.138. The van der Waals surface area contributed by atoms with Crippen LogP contribution in [0, 0.1) is 13.8 Å². The molecule has 1 aromatic heterocycles. The molecule has 1 heterocycles. The summed E-state index contributed by atoms with van der Waals surface area (Å²) < 4.78 is 84.6. The van der Waals surface area contributed by atoms with E-state index in [4.69, 9.17) is 12.6 Å². The molecule has 1 nitrogen and oxygen atoms in total. The topological polar surface area (TPSA) is 4.93 Å². The Morgan fingerprint density at radius 3 is 1.05 bits per heavy atom. The molecule has 57 heavy (non-hydrogen) atoms. The Morgan fingerprint density at radius 2 is 0.719 bits per heavy atom. The fourth-order valence-corrected chi connectivity index (χ4v) is 13.4. The molecule has 0 fully saturated rings. The average molecular weight is 804 g/mol. The number of para-hydroxylation sites is 1. The van der Waals surface area contributed by atoms with Crippen molar-refractivity contribution in [1.82, 2.24) is 4.57 Å². The van der Waals surface area contributed by atoms with E-state index in [1.807, 2.05) is 105 Å². The Morgan fingerprint density at radius 1 is 0.404 bits per heavy atom. The standard InChI is InChI=1S/C48H37F6NP2/c1-32-10-18-37(19-11-32)56(3,39-22-14-34(15-23-39)47(49,50)51)41-26-28-45-43(30-41)44-31-42(27-29-46(44)55(45)36-8-6-5-7-9-36)57(4,38-20-12-33(2)13-21-38)40-24-16-35(17-25-40)48(52,53)54/h5-31H,3-4H2,1-2H3. The van der Waals surface area contributed by atoms with Crippen LogP contribution in [0.3, 0.4) is 0 Å². The highest BCUT2D eigenvalue weighted by Crippen LogP contribution is 2.47. The van der Waals surface area contributed by atoms with Crippen LogP contribution < -0.4 is 31.8 Å². The summed E-state index contributed by atoms with van der Waals surface area (Å²) in [5.74, 6) is 0. The van der Waals surface area contributed by atoms with Crippen molar-refractivity contribution >= 4 is 80.0 Å². The molecule has 0 aliphatic heterocycles. The van der Waals surface area contributed by atoms with Crippen molar-refractivity contribution in [3.63, 3.8) is 0 Å². The molecule has 0 radical (unpaired) electrons. The molecule has 0 bridgehead atoms. The molecule has 8 aromatic rings. The monoisotopic (exact) mass is 803 g/mol. The van der Waals surface area contributed by atoms with Crippen LogP contribution in [0.4, 0.5) is 26.3 Å². The largest absolute Gasteiger partial charge is 0.416 e. The van der Waals surface area contributed by atoms with E-state index in [0.717, 1.165) is 84.1 Å². The zero-order chi connectivity index (χ0) is 40.3. The summed E-state index contributed by atoms with van der Waals surface area (Å²) in [6.07, 6.45) is 0.758. The van der Waals surface area contributed by atoms with Crippen molar-refractivity contribution in [2.45, 2.75) is 26.2 Å². The van der Waals surface area contributed by atoms with E-state index in [0.29, 0.717) is 10.6 Å². The van der Waals surface area contributed by atoms with Crippen LogP contribution in [0.2, 0.25) is 0 Å². The Hall–Kier alpha value is -5.48. The van der Waals surface area contributed by atoms with Crippen LogP contribution >= 0.6 is 13.8 Å². The second kappa shape index (κ2) is 14.2. The van der Waals surface area contributed by atoms with Crippen molar-refractivity contribution in [3.05, 3.63) is 186 Å². The smallest absolute Gasteiger partial charge is 0.309 e. The molecule has 286 valence electrons. The van der Waals surface area contributed by atoms with Gasteiger partial charge in [-0.1, -0.05) is 127 Å². The normalized spacial score (nSPS) is 14.4. The number of nitrogens with zero attached hydrogens (tertiary/aromatic N) is 1. The van der Waals surface area contributed by atoms with Crippen LogP contribution in [-0.4, -0.2) is 17.2 Å². The summed E-state index contributed by atoms with van der Waals surface area (Å²) >= 11 is 0. The summed E-state index contributed by atoms with van der Waals surface area (Å²) in [6, 6.07) is 49.1. The van der Waals surface area contributed by atoms with Gasteiger partial charge < -0.3 is 4.57 Å². The van der Waals surface area contributed by atoms with Crippen molar-refractivity contribution in [3.8, 4) is 5.69 Å². The first-order chi connectivity index (χ1) is 27.1. The first-order valence-electron chi connectivity index (χ1n) is 18.2. The second-order valence-corrected chi connectivity index (χ2v) is 20.8. The van der Waals surface area contributed by atoms with Gasteiger partial charge in [-0.05, 0) is 120 Å². The Labute approximate surface area is 327 Å². The number of hydrogen-bond donors (Lipinski definition) is 0. The Bertz CT molecular complexity index is 2670. The Kier molecular flexibility index (Phi) is 9.54. The molecule has 0 saturated carbocycles. The quantitative estimate of drug-likeness (QED) is 0.112. The van der Waals surface area contributed by atoms with Crippen LogP contribution in [0.25, 0.3) is 27.5 Å². The minimum absolute atomic E-state index is 0.704. The first kappa shape index (κ1) is 38.4. The molecule has 2 atom stereocenters. The number of aryl methyl sites for hydroxylation is 2. The number of benzene rings is 7. The summed E-state index contributed by atoms with van der Waals surface area (Å²) in [5.41, 5.74) is 3.42. The predicted molar refractivity (Wildman–Crippen MR) is 232 cm³/mol. The van der Waals surface area contributed by atoms with Gasteiger partial charge in [0, 0.05) is 16.5 Å². The lowest BCUT2D eigenvalue weighted by Gasteiger charge is -2.28. The van der Waals surface area contributed by atoms with Gasteiger partial charge in [0.1, 0.15) is 0 Å². The molecule has 0 amide bonds. The molecule has 0 aliphatic carbocycles. The third-order valence-electron chi connectivity index (χ3n) is 10.8. The van der Waals surface area contributed by atoms with E-state index < -0.39 is 37.3 Å². The number of alkyl halides is 6. The number of aromatic nitrogens is 1. The van der Waals surface area contributed by atoms with Gasteiger partial charge in [-0.2, -0.15) is 26.3 Å². The predicted octanol–water partition coefficient (Wildman–Crippen LogP) is 10.9. The third kappa shape index (κ3) is 6.77. The number of fused-ring (bicyclic) bond motifs is 3. The highest BCUT2D eigenvalue weighted by Gasteiger charge is 2.33. The minimum atomic E-state index is -4.48. The molecule has 7 aromatic carbocycles. The molecular formula is C48H37F6NP2. The first-order valence-corrected chi connectivity index (χ1v) is 22.1. The fourth-order valence-electron chi connectivity index (χ4n) is 7.63. The van der Waals surface area contributed by atoms with Crippen molar-refractivity contribution in [2.24, 2.45) is 0 Å². The van der Waals surface area contributed by atoms with Crippen LogP contribution in [0.15, 0.2) is 164 Å². The van der Waals surface area contributed by atoms with Gasteiger partial charge in [0.15, 0.2) is 0 Å². The van der Waals surface area contributed by atoms with Gasteiger partial charge in [-0.3, -0.25) is 0 Å². The van der Waals surface area contributed by atoms with Gasteiger partial charge in [0.25, 0.3) is 0 Å². The lowest BCUT2D eigenvalue weighted by Crippen LogP contribution is -2.26. The SMILES string of the molecule is C=P(c1ccc(C)cc1)(c1ccc(C(F)(F)F)cc1)c1ccc2c(c1)c1cc(P(=C)(c3ccc(C)cc3)c3ccc(C(F)(F)F)cc3)ccc1n2-c1ccccc1. The van der Waals surface area contributed by atoms with Crippen LogP contribution in [0.1, 0.15) is 22.3 Å². The number of halogens is 6. The van der Waals surface area contributed by atoms with Gasteiger partial charge >= 0.3 is 12.4 Å². The second-order valence-electron chi connectivity index (χ2n) is 14.5. The average Bonchev–Trinajstić information content (AvgIpc) is 3.53. The van der Waals surface area contributed by atoms with E-state index in [1.54, 1.807) is 24.3 Å². The summed E-state index contributed by atoms with van der Waals surface area (Å²) in [7, 11) is 0. The molecule has 0 aliphatic rings. The molecule has 9 heteroatoms. The highest BCUT2D eigenvalue weighted by atomic mass is 31.2. The molecule has 8 rings (SSSR count). The number of rotatable bonds is 7. The van der Waals surface area contributed by atoms with Crippen LogP contribution in [0.5, 0.6) is 0 Å². The molecule has 0 saturated heterocycles. The molecule has 0 spiro atoms. The Balaban J connectivity index is 1.41. The molecular weight excluding hydrogens is 766 g/mol. The summed E-state index contributed by atoms with van der Waals surface area (Å²) in [5, 5.41) is 6.83. The van der Waals surface area contributed by atoms with E-state index in [-0.39, 0.29) is 0 Å². The van der Waals surface area contributed by atoms with Gasteiger partial charge in [-0.25, -0.2) is 0 Å². The summed E-state index contributed by atoms with van der Waals surface area (Å²) in [6.45, 7) is -1.53.